The highest BCUT2D eigenvalue weighted by Gasteiger charge is 2.25. The molecule has 0 N–H and O–H groups in total. The van der Waals surface area contributed by atoms with Crippen molar-refractivity contribution in [2.75, 3.05) is 32.6 Å². The summed E-state index contributed by atoms with van der Waals surface area (Å²) in [6.07, 6.45) is 0.677. The number of rotatable bonds is 8. The Bertz CT molecular complexity index is 281. The van der Waals surface area contributed by atoms with Gasteiger partial charge in [-0.3, -0.25) is 0 Å². The van der Waals surface area contributed by atoms with Gasteiger partial charge in [0.15, 0.2) is 0 Å². The summed E-state index contributed by atoms with van der Waals surface area (Å²) in [6, 6.07) is 0. The minimum atomic E-state index is -3.31. The third-order valence-corrected chi connectivity index (χ3v) is 4.55. The van der Waals surface area contributed by atoms with E-state index in [0.29, 0.717) is 37.9 Å². The summed E-state index contributed by atoms with van der Waals surface area (Å²) < 4.78 is 27.1. The summed E-state index contributed by atoms with van der Waals surface area (Å²) >= 11 is 5.56. The van der Waals surface area contributed by atoms with E-state index in [1.54, 1.807) is 7.05 Å². The summed E-state index contributed by atoms with van der Waals surface area (Å²) in [5, 5.41) is 0. The van der Waals surface area contributed by atoms with E-state index in [0.717, 1.165) is 0 Å². The normalized spacial score (nSPS) is 13.0. The average Bonchev–Trinajstić information content (AvgIpc) is 2.21. The molecule has 16 heavy (non-hydrogen) atoms. The lowest BCUT2D eigenvalue weighted by Crippen LogP contribution is -2.43. The summed E-state index contributed by atoms with van der Waals surface area (Å²) in [5.74, 6) is 0.812. The zero-order valence-corrected chi connectivity index (χ0v) is 12.2. The van der Waals surface area contributed by atoms with Gasteiger partial charge in [0.2, 0.25) is 0 Å². The lowest BCUT2D eigenvalue weighted by Gasteiger charge is -2.27. The molecule has 4 nitrogen and oxygen atoms in total. The van der Waals surface area contributed by atoms with Crippen molar-refractivity contribution in [2.24, 2.45) is 5.92 Å². The molecule has 0 radical (unpaired) electrons. The Morgan fingerprint density at radius 2 is 1.88 bits per heavy atom. The topological polar surface area (TPSA) is 40.6 Å². The molecule has 6 heteroatoms. The lowest BCUT2D eigenvalue weighted by molar-refractivity contribution is 0.340. The molecule has 0 rings (SSSR count). The van der Waals surface area contributed by atoms with Gasteiger partial charge in [-0.1, -0.05) is 20.8 Å². The fourth-order valence-corrected chi connectivity index (χ4v) is 3.08. The Morgan fingerprint density at radius 1 is 1.31 bits per heavy atom. The zero-order valence-electron chi connectivity index (χ0n) is 10.6. The van der Waals surface area contributed by atoms with E-state index < -0.39 is 10.2 Å². The van der Waals surface area contributed by atoms with Crippen molar-refractivity contribution in [3.05, 3.63) is 0 Å². The van der Waals surface area contributed by atoms with Gasteiger partial charge in [-0.15, -0.1) is 11.6 Å². The molecule has 0 fully saturated rings. The van der Waals surface area contributed by atoms with Crippen LogP contribution in [0.4, 0.5) is 0 Å². The fraction of sp³-hybridized carbons (Fsp3) is 1.00. The average molecular weight is 271 g/mol. The molecule has 0 amide bonds. The molecule has 0 unspecified atom stereocenters. The summed E-state index contributed by atoms with van der Waals surface area (Å²) in [6.45, 7) is 7.42. The second-order valence-electron chi connectivity index (χ2n) is 4.22. The quantitative estimate of drug-likeness (QED) is 0.631. The van der Waals surface area contributed by atoms with Crippen LogP contribution in [0.1, 0.15) is 27.2 Å². The standard InChI is InChI=1S/C10H23ClN2O2S/c1-5-13(9-10(2)3)16(14,15)12(4)8-6-7-11/h10H,5-9H2,1-4H3. The molecular formula is C10H23ClN2O2S. The van der Waals surface area contributed by atoms with Crippen molar-refractivity contribution < 1.29 is 8.42 Å². The molecule has 0 spiro atoms. The second kappa shape index (κ2) is 7.48. The van der Waals surface area contributed by atoms with Crippen molar-refractivity contribution in [1.82, 2.24) is 8.61 Å². The molecule has 0 aliphatic heterocycles. The van der Waals surface area contributed by atoms with Crippen LogP contribution in [0.3, 0.4) is 0 Å². The van der Waals surface area contributed by atoms with Crippen LogP contribution in [-0.2, 0) is 10.2 Å². The molecule has 0 bridgehead atoms. The predicted molar refractivity (Wildman–Crippen MR) is 69.0 cm³/mol. The molecule has 0 aromatic heterocycles. The third-order valence-electron chi connectivity index (χ3n) is 2.25. The first-order valence-electron chi connectivity index (χ1n) is 5.63. The fourth-order valence-electron chi connectivity index (χ4n) is 1.39. The van der Waals surface area contributed by atoms with Crippen LogP contribution in [0.25, 0.3) is 0 Å². The van der Waals surface area contributed by atoms with Crippen LogP contribution in [0.5, 0.6) is 0 Å². The van der Waals surface area contributed by atoms with Crippen LogP contribution in [0.15, 0.2) is 0 Å². The molecule has 0 saturated heterocycles. The minimum absolute atomic E-state index is 0.330. The monoisotopic (exact) mass is 270 g/mol. The molecule has 0 saturated carbocycles. The van der Waals surface area contributed by atoms with Crippen LogP contribution in [0, 0.1) is 5.92 Å². The van der Waals surface area contributed by atoms with E-state index >= 15 is 0 Å². The Hall–Kier alpha value is 0.160. The van der Waals surface area contributed by atoms with Gasteiger partial charge in [0, 0.05) is 32.6 Å². The van der Waals surface area contributed by atoms with Crippen LogP contribution in [-0.4, -0.2) is 49.6 Å². The van der Waals surface area contributed by atoms with E-state index in [1.807, 2.05) is 20.8 Å². The van der Waals surface area contributed by atoms with E-state index in [4.69, 9.17) is 11.6 Å². The number of halogens is 1. The Kier molecular flexibility index (Phi) is 7.55. The van der Waals surface area contributed by atoms with Gasteiger partial charge in [-0.2, -0.15) is 17.0 Å². The molecule has 0 atom stereocenters. The van der Waals surface area contributed by atoms with Crippen molar-refractivity contribution in [2.45, 2.75) is 27.2 Å². The first kappa shape index (κ1) is 16.2. The van der Waals surface area contributed by atoms with Gasteiger partial charge in [-0.25, -0.2) is 0 Å². The van der Waals surface area contributed by atoms with Gasteiger partial charge in [0.05, 0.1) is 0 Å². The first-order valence-corrected chi connectivity index (χ1v) is 7.56. The maximum absolute atomic E-state index is 12.1. The van der Waals surface area contributed by atoms with E-state index in [2.05, 4.69) is 0 Å². The number of alkyl halides is 1. The number of hydrogen-bond donors (Lipinski definition) is 0. The smallest absolute Gasteiger partial charge is 0.195 e. The van der Waals surface area contributed by atoms with Crippen LogP contribution >= 0.6 is 11.6 Å². The molecule has 0 heterocycles. The zero-order chi connectivity index (χ0) is 12.8. The molecule has 0 aromatic carbocycles. The maximum atomic E-state index is 12.1. The largest absolute Gasteiger partial charge is 0.281 e. The Morgan fingerprint density at radius 3 is 2.25 bits per heavy atom. The van der Waals surface area contributed by atoms with Gasteiger partial charge >= 0.3 is 0 Å². The highest BCUT2D eigenvalue weighted by molar-refractivity contribution is 7.86. The van der Waals surface area contributed by atoms with Crippen molar-refractivity contribution in [1.29, 1.82) is 0 Å². The van der Waals surface area contributed by atoms with E-state index in [-0.39, 0.29) is 0 Å². The van der Waals surface area contributed by atoms with Crippen LogP contribution in [0.2, 0.25) is 0 Å². The molecule has 0 aliphatic carbocycles. The maximum Gasteiger partial charge on any atom is 0.281 e. The van der Waals surface area contributed by atoms with Crippen molar-refractivity contribution >= 4 is 21.8 Å². The SMILES string of the molecule is CCN(CC(C)C)S(=O)(=O)N(C)CCCCl. The molecule has 0 aliphatic rings. The van der Waals surface area contributed by atoms with Gasteiger partial charge in [0.25, 0.3) is 10.2 Å². The summed E-state index contributed by atoms with van der Waals surface area (Å²) in [7, 11) is -1.71. The summed E-state index contributed by atoms with van der Waals surface area (Å²) in [5.41, 5.74) is 0. The number of nitrogens with zero attached hydrogens (tertiary/aromatic N) is 2. The first-order chi connectivity index (χ1) is 7.36. The molecular weight excluding hydrogens is 248 g/mol. The van der Waals surface area contributed by atoms with Gasteiger partial charge < -0.3 is 0 Å². The Balaban J connectivity index is 4.59. The van der Waals surface area contributed by atoms with Crippen molar-refractivity contribution in [3.63, 3.8) is 0 Å². The van der Waals surface area contributed by atoms with E-state index in [1.165, 1.54) is 8.61 Å². The summed E-state index contributed by atoms with van der Waals surface area (Å²) in [4.78, 5) is 0. The van der Waals surface area contributed by atoms with Crippen molar-refractivity contribution in [3.8, 4) is 0 Å². The van der Waals surface area contributed by atoms with E-state index in [9.17, 15) is 8.42 Å². The predicted octanol–water partition coefficient (Wildman–Crippen LogP) is 1.77. The molecule has 0 aromatic rings. The minimum Gasteiger partial charge on any atom is -0.195 e. The highest BCUT2D eigenvalue weighted by atomic mass is 35.5. The molecule has 98 valence electrons. The lowest BCUT2D eigenvalue weighted by atomic mass is 10.2. The van der Waals surface area contributed by atoms with Gasteiger partial charge in [-0.05, 0) is 12.3 Å². The highest BCUT2D eigenvalue weighted by Crippen LogP contribution is 2.10. The third kappa shape index (κ3) is 4.99. The number of hydrogen-bond acceptors (Lipinski definition) is 2. The van der Waals surface area contributed by atoms with Gasteiger partial charge in [0.1, 0.15) is 0 Å². The second-order valence-corrected chi connectivity index (χ2v) is 6.63. The Labute approximate surface area is 105 Å². The van der Waals surface area contributed by atoms with Crippen LogP contribution < -0.4 is 0 Å².